The standard InChI is InChI=1S/C21H32BrNO3Si/c1-7-25-20(24)19-15-16-14-17(22)10-11-18(16)23(19)12-8-9-13-26-27(5,6)21(2,3)4/h10-11,14-15H,7-9,12-13H2,1-6H3. The Morgan fingerprint density at radius 1 is 1.19 bits per heavy atom. The smallest absolute Gasteiger partial charge is 0.354 e. The number of esters is 1. The Morgan fingerprint density at radius 2 is 1.89 bits per heavy atom. The Morgan fingerprint density at radius 3 is 2.52 bits per heavy atom. The highest BCUT2D eigenvalue weighted by Gasteiger charge is 2.36. The highest BCUT2D eigenvalue weighted by atomic mass is 79.9. The number of halogens is 1. The van der Waals surface area contributed by atoms with Gasteiger partial charge in [-0.1, -0.05) is 36.7 Å². The third-order valence-corrected chi connectivity index (χ3v) is 10.4. The summed E-state index contributed by atoms with van der Waals surface area (Å²) in [6, 6.07) is 8.02. The van der Waals surface area contributed by atoms with Crippen molar-refractivity contribution in [1.82, 2.24) is 4.57 Å². The van der Waals surface area contributed by atoms with Gasteiger partial charge in [0.15, 0.2) is 8.32 Å². The van der Waals surface area contributed by atoms with E-state index in [9.17, 15) is 4.79 Å². The van der Waals surface area contributed by atoms with E-state index in [1.165, 1.54) is 0 Å². The minimum absolute atomic E-state index is 0.230. The Labute approximate surface area is 172 Å². The van der Waals surface area contributed by atoms with Crippen molar-refractivity contribution in [3.8, 4) is 0 Å². The number of aryl methyl sites for hydroxylation is 1. The average molecular weight is 454 g/mol. The minimum Gasteiger partial charge on any atom is -0.461 e. The van der Waals surface area contributed by atoms with Crippen LogP contribution in [0.3, 0.4) is 0 Å². The van der Waals surface area contributed by atoms with Gasteiger partial charge < -0.3 is 13.7 Å². The number of carbonyl (C=O) groups is 1. The Hall–Kier alpha value is -1.11. The first kappa shape index (κ1) is 22.2. The molecule has 4 nitrogen and oxygen atoms in total. The molecule has 0 aliphatic heterocycles. The van der Waals surface area contributed by atoms with E-state index in [1.807, 2.05) is 31.2 Å². The minimum atomic E-state index is -1.70. The van der Waals surface area contributed by atoms with Crippen LogP contribution in [0.25, 0.3) is 10.9 Å². The van der Waals surface area contributed by atoms with Crippen molar-refractivity contribution in [2.45, 2.75) is 65.2 Å². The predicted octanol–water partition coefficient (Wildman–Crippen LogP) is 6.38. The molecule has 2 rings (SSSR count). The second kappa shape index (κ2) is 8.93. The molecule has 2 aromatic rings. The topological polar surface area (TPSA) is 40.5 Å². The summed E-state index contributed by atoms with van der Waals surface area (Å²) in [5.74, 6) is -0.262. The van der Waals surface area contributed by atoms with Gasteiger partial charge in [0.2, 0.25) is 0 Å². The summed E-state index contributed by atoms with van der Waals surface area (Å²) in [5, 5.41) is 1.28. The zero-order valence-electron chi connectivity index (χ0n) is 17.4. The molecule has 0 saturated heterocycles. The molecule has 0 amide bonds. The molecule has 0 spiro atoms. The van der Waals surface area contributed by atoms with Crippen LogP contribution >= 0.6 is 15.9 Å². The molecular formula is C21H32BrNO3Si. The molecule has 0 aliphatic carbocycles. The zero-order chi connectivity index (χ0) is 20.2. The lowest BCUT2D eigenvalue weighted by atomic mass is 10.2. The summed E-state index contributed by atoms with van der Waals surface area (Å²) in [6.45, 7) is 15.1. The Balaban J connectivity index is 2.07. The summed E-state index contributed by atoms with van der Waals surface area (Å²) in [5.41, 5.74) is 1.68. The van der Waals surface area contributed by atoms with Crippen molar-refractivity contribution in [1.29, 1.82) is 0 Å². The molecule has 150 valence electrons. The molecule has 0 bridgehead atoms. The number of carbonyl (C=O) groups excluding carboxylic acids is 1. The zero-order valence-corrected chi connectivity index (χ0v) is 20.0. The first-order chi connectivity index (χ1) is 12.6. The van der Waals surface area contributed by atoms with Gasteiger partial charge >= 0.3 is 5.97 Å². The number of ether oxygens (including phenoxy) is 1. The largest absolute Gasteiger partial charge is 0.461 e. The summed E-state index contributed by atoms with van der Waals surface area (Å²) in [7, 11) is -1.70. The molecule has 1 aromatic carbocycles. The molecule has 0 radical (unpaired) electrons. The number of rotatable bonds is 8. The van der Waals surface area contributed by atoms with E-state index in [2.05, 4.69) is 54.4 Å². The van der Waals surface area contributed by atoms with Crippen molar-refractivity contribution in [2.75, 3.05) is 13.2 Å². The molecule has 1 heterocycles. The number of hydrogen-bond donors (Lipinski definition) is 0. The van der Waals surface area contributed by atoms with Gasteiger partial charge in [-0.15, -0.1) is 0 Å². The van der Waals surface area contributed by atoms with Crippen molar-refractivity contribution in [2.24, 2.45) is 0 Å². The summed E-state index contributed by atoms with van der Waals surface area (Å²) in [6.07, 6.45) is 1.94. The fraction of sp³-hybridized carbons (Fsp3) is 0.571. The van der Waals surface area contributed by atoms with E-state index in [1.54, 1.807) is 0 Å². The van der Waals surface area contributed by atoms with Crippen molar-refractivity contribution in [3.05, 3.63) is 34.4 Å². The van der Waals surface area contributed by atoms with Gasteiger partial charge in [0.25, 0.3) is 0 Å². The van der Waals surface area contributed by atoms with Crippen LogP contribution in [0.2, 0.25) is 18.1 Å². The molecule has 1 aromatic heterocycles. The maximum Gasteiger partial charge on any atom is 0.354 e. The van der Waals surface area contributed by atoms with Gasteiger partial charge in [0.1, 0.15) is 5.69 Å². The maximum absolute atomic E-state index is 12.4. The molecular weight excluding hydrogens is 422 g/mol. The Kier molecular flexibility index (Phi) is 7.33. The van der Waals surface area contributed by atoms with Crippen molar-refractivity contribution in [3.63, 3.8) is 0 Å². The van der Waals surface area contributed by atoms with E-state index < -0.39 is 8.32 Å². The molecule has 0 unspecified atom stereocenters. The number of nitrogens with zero attached hydrogens (tertiary/aromatic N) is 1. The number of unbranched alkanes of at least 4 members (excludes halogenated alkanes) is 1. The first-order valence-corrected chi connectivity index (χ1v) is 13.4. The SMILES string of the molecule is CCOC(=O)c1cc2cc(Br)ccc2n1CCCCO[Si](C)(C)C(C)(C)C. The van der Waals surface area contributed by atoms with Crippen LogP contribution in [0.4, 0.5) is 0 Å². The number of aromatic nitrogens is 1. The van der Waals surface area contributed by atoms with Gasteiger partial charge in [-0.05, 0) is 62.2 Å². The number of fused-ring (bicyclic) bond motifs is 1. The number of hydrogen-bond acceptors (Lipinski definition) is 3. The maximum atomic E-state index is 12.4. The van der Waals surface area contributed by atoms with Crippen LogP contribution < -0.4 is 0 Å². The van der Waals surface area contributed by atoms with Crippen LogP contribution in [-0.2, 0) is 15.7 Å². The summed E-state index contributed by atoms with van der Waals surface area (Å²) < 4.78 is 14.6. The summed E-state index contributed by atoms with van der Waals surface area (Å²) >= 11 is 3.50. The summed E-state index contributed by atoms with van der Waals surface area (Å²) in [4.78, 5) is 12.4. The van der Waals surface area contributed by atoms with Gasteiger partial charge in [0, 0.05) is 28.5 Å². The van der Waals surface area contributed by atoms with Gasteiger partial charge in [-0.3, -0.25) is 0 Å². The lowest BCUT2D eigenvalue weighted by Crippen LogP contribution is -2.40. The first-order valence-electron chi connectivity index (χ1n) is 9.66. The molecule has 0 aliphatic rings. The third-order valence-electron chi connectivity index (χ3n) is 5.39. The molecule has 0 atom stereocenters. The van der Waals surface area contributed by atoms with Crippen LogP contribution in [0, 0.1) is 0 Å². The van der Waals surface area contributed by atoms with Crippen LogP contribution in [0.5, 0.6) is 0 Å². The molecule has 0 N–H and O–H groups in total. The average Bonchev–Trinajstić information content (AvgIpc) is 2.91. The van der Waals surface area contributed by atoms with Crippen LogP contribution in [-0.4, -0.2) is 32.1 Å². The van der Waals surface area contributed by atoms with Crippen molar-refractivity contribution >= 4 is 41.1 Å². The lowest BCUT2D eigenvalue weighted by molar-refractivity contribution is 0.0514. The van der Waals surface area contributed by atoms with Crippen LogP contribution in [0.1, 0.15) is 51.0 Å². The fourth-order valence-electron chi connectivity index (χ4n) is 2.77. The second-order valence-electron chi connectivity index (χ2n) is 8.42. The molecule has 0 fully saturated rings. The third kappa shape index (κ3) is 5.45. The van der Waals surface area contributed by atoms with E-state index in [0.29, 0.717) is 12.3 Å². The monoisotopic (exact) mass is 453 g/mol. The van der Waals surface area contributed by atoms with Gasteiger partial charge in [-0.2, -0.15) is 0 Å². The lowest BCUT2D eigenvalue weighted by Gasteiger charge is -2.36. The highest BCUT2D eigenvalue weighted by Crippen LogP contribution is 2.36. The molecule has 6 heteroatoms. The van der Waals surface area contributed by atoms with E-state index in [0.717, 1.165) is 41.4 Å². The second-order valence-corrected chi connectivity index (χ2v) is 14.1. The van der Waals surface area contributed by atoms with E-state index >= 15 is 0 Å². The number of benzene rings is 1. The highest BCUT2D eigenvalue weighted by molar-refractivity contribution is 9.10. The quantitative estimate of drug-likeness (QED) is 0.264. The van der Waals surface area contributed by atoms with E-state index in [4.69, 9.17) is 9.16 Å². The van der Waals surface area contributed by atoms with Crippen LogP contribution in [0.15, 0.2) is 28.7 Å². The van der Waals surface area contributed by atoms with E-state index in [-0.39, 0.29) is 11.0 Å². The van der Waals surface area contributed by atoms with Gasteiger partial charge in [-0.25, -0.2) is 4.79 Å². The molecule has 0 saturated carbocycles. The van der Waals surface area contributed by atoms with Crippen molar-refractivity contribution < 1.29 is 14.0 Å². The predicted molar refractivity (Wildman–Crippen MR) is 118 cm³/mol. The fourth-order valence-corrected chi connectivity index (χ4v) is 4.24. The Bertz CT molecular complexity index is 793. The normalized spacial score (nSPS) is 12.6. The van der Waals surface area contributed by atoms with Gasteiger partial charge in [0.05, 0.1) is 6.61 Å². The molecule has 27 heavy (non-hydrogen) atoms.